The Morgan fingerprint density at radius 3 is 1.93 bits per heavy atom. The molecule has 1 heterocycles. The van der Waals surface area contributed by atoms with Crippen LogP contribution in [0.2, 0.25) is 0 Å². The first-order chi connectivity index (χ1) is 12.7. The van der Waals surface area contributed by atoms with E-state index in [1.165, 1.54) is 4.31 Å². The summed E-state index contributed by atoms with van der Waals surface area (Å²) >= 11 is 0. The van der Waals surface area contributed by atoms with E-state index >= 15 is 0 Å². The van der Waals surface area contributed by atoms with Crippen molar-refractivity contribution in [3.05, 3.63) is 54.1 Å². The fourth-order valence-corrected chi connectivity index (χ4v) is 5.00. The lowest BCUT2D eigenvalue weighted by Gasteiger charge is -2.26. The number of ether oxygens (including phenoxy) is 1. The standard InChI is InChI=1S/C16H16F2N2O5S2/c17-14-2-1-3-15(18)16(14)19-26(21,22)12-4-6-13(7-5-12)27(23,24)20-8-10-25-11-9-20/h1-7,19H,8-11H2. The maximum atomic E-state index is 13.7. The second kappa shape index (κ2) is 7.50. The molecule has 1 aliphatic heterocycles. The van der Waals surface area contributed by atoms with Gasteiger partial charge in [0.05, 0.1) is 23.0 Å². The van der Waals surface area contributed by atoms with E-state index in [1.54, 1.807) is 0 Å². The van der Waals surface area contributed by atoms with E-state index in [4.69, 9.17) is 4.74 Å². The molecule has 11 heteroatoms. The van der Waals surface area contributed by atoms with Crippen LogP contribution in [0, 0.1) is 11.6 Å². The van der Waals surface area contributed by atoms with E-state index < -0.39 is 37.4 Å². The summed E-state index contributed by atoms with van der Waals surface area (Å²) in [7, 11) is -8.08. The van der Waals surface area contributed by atoms with Crippen LogP contribution in [0.1, 0.15) is 0 Å². The fraction of sp³-hybridized carbons (Fsp3) is 0.250. The number of morpholine rings is 1. The Labute approximate surface area is 155 Å². The first kappa shape index (κ1) is 19.7. The zero-order valence-corrected chi connectivity index (χ0v) is 15.6. The Morgan fingerprint density at radius 1 is 0.852 bits per heavy atom. The summed E-state index contributed by atoms with van der Waals surface area (Å²) in [6, 6.07) is 7.34. The molecule has 146 valence electrons. The smallest absolute Gasteiger partial charge is 0.262 e. The lowest BCUT2D eigenvalue weighted by molar-refractivity contribution is 0.0730. The van der Waals surface area contributed by atoms with Gasteiger partial charge >= 0.3 is 0 Å². The largest absolute Gasteiger partial charge is 0.379 e. The van der Waals surface area contributed by atoms with Crippen molar-refractivity contribution in [2.75, 3.05) is 31.0 Å². The van der Waals surface area contributed by atoms with Gasteiger partial charge in [0.2, 0.25) is 10.0 Å². The van der Waals surface area contributed by atoms with Crippen LogP contribution in [-0.2, 0) is 24.8 Å². The topological polar surface area (TPSA) is 92.8 Å². The zero-order valence-electron chi connectivity index (χ0n) is 13.9. The molecule has 3 rings (SSSR count). The molecule has 1 saturated heterocycles. The van der Waals surface area contributed by atoms with Crippen LogP contribution in [0.4, 0.5) is 14.5 Å². The fourth-order valence-electron chi connectivity index (χ4n) is 2.52. The van der Waals surface area contributed by atoms with Gasteiger partial charge in [-0.25, -0.2) is 25.6 Å². The number of rotatable bonds is 5. The molecule has 0 saturated carbocycles. The highest BCUT2D eigenvalue weighted by molar-refractivity contribution is 7.92. The van der Waals surface area contributed by atoms with Gasteiger partial charge < -0.3 is 4.74 Å². The summed E-state index contributed by atoms with van der Waals surface area (Å²) in [5, 5.41) is 0. The first-order valence-electron chi connectivity index (χ1n) is 7.86. The third-order valence-electron chi connectivity index (χ3n) is 3.94. The molecule has 2 aromatic carbocycles. The van der Waals surface area contributed by atoms with Gasteiger partial charge in [-0.1, -0.05) is 6.07 Å². The lowest BCUT2D eigenvalue weighted by atomic mass is 10.3. The van der Waals surface area contributed by atoms with Crippen LogP contribution in [0.15, 0.2) is 52.3 Å². The molecule has 2 aromatic rings. The Hall–Kier alpha value is -2.08. The number of benzene rings is 2. The Bertz CT molecular complexity index is 1010. The molecular weight excluding hydrogens is 402 g/mol. The predicted molar refractivity (Wildman–Crippen MR) is 93.2 cm³/mol. The summed E-state index contributed by atoms with van der Waals surface area (Å²) in [5.74, 6) is -2.13. The summed E-state index contributed by atoms with van der Waals surface area (Å²) in [5.41, 5.74) is -0.803. The second-order valence-corrected chi connectivity index (χ2v) is 9.31. The lowest BCUT2D eigenvalue weighted by Crippen LogP contribution is -2.40. The molecule has 27 heavy (non-hydrogen) atoms. The average Bonchev–Trinajstić information content (AvgIpc) is 2.66. The van der Waals surface area contributed by atoms with Crippen LogP contribution in [0.25, 0.3) is 0 Å². The van der Waals surface area contributed by atoms with E-state index in [-0.39, 0.29) is 36.1 Å². The minimum Gasteiger partial charge on any atom is -0.379 e. The Balaban J connectivity index is 1.86. The SMILES string of the molecule is O=S(=O)(Nc1c(F)cccc1F)c1ccc(S(=O)(=O)N2CCOCC2)cc1. The quantitative estimate of drug-likeness (QED) is 0.799. The van der Waals surface area contributed by atoms with Crippen molar-refractivity contribution in [3.8, 4) is 0 Å². The number of para-hydroxylation sites is 1. The molecule has 0 bridgehead atoms. The van der Waals surface area contributed by atoms with E-state index in [2.05, 4.69) is 0 Å². The third-order valence-corrected chi connectivity index (χ3v) is 7.22. The summed E-state index contributed by atoms with van der Waals surface area (Å²) in [4.78, 5) is -0.411. The van der Waals surface area contributed by atoms with Crippen LogP contribution in [-0.4, -0.2) is 47.4 Å². The highest BCUT2D eigenvalue weighted by Gasteiger charge is 2.27. The van der Waals surface area contributed by atoms with Gasteiger partial charge in [-0.05, 0) is 36.4 Å². The third kappa shape index (κ3) is 4.10. The van der Waals surface area contributed by atoms with Crippen LogP contribution < -0.4 is 4.72 Å². The molecular formula is C16H16F2N2O5S2. The minimum absolute atomic E-state index is 0.0829. The molecule has 1 fully saturated rings. The van der Waals surface area contributed by atoms with Gasteiger partial charge in [-0.2, -0.15) is 4.31 Å². The average molecular weight is 418 g/mol. The molecule has 1 aliphatic rings. The maximum absolute atomic E-state index is 13.7. The zero-order chi connectivity index (χ0) is 19.7. The number of nitrogens with zero attached hydrogens (tertiary/aromatic N) is 1. The van der Waals surface area contributed by atoms with E-state index in [9.17, 15) is 25.6 Å². The number of hydrogen-bond donors (Lipinski definition) is 1. The van der Waals surface area contributed by atoms with Gasteiger partial charge in [0.25, 0.3) is 10.0 Å². The van der Waals surface area contributed by atoms with Crippen LogP contribution in [0.5, 0.6) is 0 Å². The second-order valence-electron chi connectivity index (χ2n) is 5.69. The highest BCUT2D eigenvalue weighted by atomic mass is 32.2. The van der Waals surface area contributed by atoms with Crippen molar-refractivity contribution in [1.29, 1.82) is 0 Å². The molecule has 0 atom stereocenters. The molecule has 0 spiro atoms. The van der Waals surface area contributed by atoms with Crippen molar-refractivity contribution in [2.45, 2.75) is 9.79 Å². The van der Waals surface area contributed by atoms with E-state index in [1.807, 2.05) is 4.72 Å². The van der Waals surface area contributed by atoms with E-state index in [0.717, 1.165) is 42.5 Å². The number of sulfonamides is 2. The van der Waals surface area contributed by atoms with Gasteiger partial charge in [0.15, 0.2) is 0 Å². The maximum Gasteiger partial charge on any atom is 0.262 e. The first-order valence-corrected chi connectivity index (χ1v) is 10.8. The molecule has 0 unspecified atom stereocenters. The number of hydrogen-bond acceptors (Lipinski definition) is 5. The highest BCUT2D eigenvalue weighted by Crippen LogP contribution is 2.24. The van der Waals surface area contributed by atoms with Crippen molar-refractivity contribution < 1.29 is 30.4 Å². The minimum atomic E-state index is -4.30. The van der Waals surface area contributed by atoms with Crippen molar-refractivity contribution in [1.82, 2.24) is 4.31 Å². The van der Waals surface area contributed by atoms with E-state index in [0.29, 0.717) is 0 Å². The number of halogens is 2. The number of anilines is 1. The number of nitrogens with one attached hydrogen (secondary N) is 1. The molecule has 1 N–H and O–H groups in total. The molecule has 0 aromatic heterocycles. The van der Waals surface area contributed by atoms with Crippen molar-refractivity contribution >= 4 is 25.7 Å². The van der Waals surface area contributed by atoms with Gasteiger partial charge in [0, 0.05) is 13.1 Å². The van der Waals surface area contributed by atoms with Gasteiger partial charge in [0.1, 0.15) is 17.3 Å². The summed E-state index contributed by atoms with van der Waals surface area (Å²) in [6.07, 6.45) is 0. The van der Waals surface area contributed by atoms with Crippen molar-refractivity contribution in [3.63, 3.8) is 0 Å². The predicted octanol–water partition coefficient (Wildman–Crippen LogP) is 1.79. The van der Waals surface area contributed by atoms with Gasteiger partial charge in [-0.3, -0.25) is 4.72 Å². The normalized spacial score (nSPS) is 16.2. The summed E-state index contributed by atoms with van der Waals surface area (Å²) in [6.45, 7) is 0.973. The molecule has 0 aliphatic carbocycles. The molecule has 0 amide bonds. The summed E-state index contributed by atoms with van der Waals surface area (Å²) < 4.78 is 85.3. The van der Waals surface area contributed by atoms with Crippen molar-refractivity contribution in [2.24, 2.45) is 0 Å². The molecule has 0 radical (unpaired) electrons. The van der Waals surface area contributed by atoms with Crippen LogP contribution >= 0.6 is 0 Å². The van der Waals surface area contributed by atoms with Gasteiger partial charge in [-0.15, -0.1) is 0 Å². The molecule has 7 nitrogen and oxygen atoms in total. The monoisotopic (exact) mass is 418 g/mol. The Kier molecular flexibility index (Phi) is 5.47. The van der Waals surface area contributed by atoms with Crippen LogP contribution in [0.3, 0.4) is 0 Å². The Morgan fingerprint density at radius 2 is 1.37 bits per heavy atom.